The average Bonchev–Trinajstić information content (AvgIpc) is 2.92. The van der Waals surface area contributed by atoms with Crippen LogP contribution in [-0.2, 0) is 27.2 Å². The molecule has 0 radical (unpaired) electrons. The Labute approximate surface area is 221 Å². The third-order valence-corrected chi connectivity index (χ3v) is 6.59. The van der Waals surface area contributed by atoms with Gasteiger partial charge in [-0.15, -0.1) is 0 Å². The molecule has 1 amide bonds. The van der Waals surface area contributed by atoms with Crippen molar-refractivity contribution in [2.75, 3.05) is 45.2 Å². The molecule has 1 aliphatic heterocycles. The number of anilines is 1. The fourth-order valence-corrected chi connectivity index (χ4v) is 4.34. The van der Waals surface area contributed by atoms with Gasteiger partial charge < -0.3 is 20.1 Å². The minimum Gasteiger partial charge on any atom is -0.492 e. The summed E-state index contributed by atoms with van der Waals surface area (Å²) in [7, 11) is 1.35. The zero-order valence-corrected chi connectivity index (χ0v) is 22.5. The number of carbonyl (C=O) groups is 2. The minimum absolute atomic E-state index is 0.151. The van der Waals surface area contributed by atoms with Gasteiger partial charge in [-0.3, -0.25) is 9.69 Å². The van der Waals surface area contributed by atoms with Crippen molar-refractivity contribution in [1.29, 1.82) is 0 Å². The van der Waals surface area contributed by atoms with E-state index in [0.717, 1.165) is 69.0 Å². The first-order chi connectivity index (χ1) is 18.0. The molecular weight excluding hydrogens is 468 g/mol. The Balaban J connectivity index is 1.52. The predicted molar refractivity (Wildman–Crippen MR) is 146 cm³/mol. The van der Waals surface area contributed by atoms with Crippen molar-refractivity contribution in [2.24, 2.45) is 5.92 Å². The van der Waals surface area contributed by atoms with Crippen LogP contribution in [0.5, 0.6) is 5.75 Å². The molecule has 2 aromatic rings. The molecule has 0 spiro atoms. The highest BCUT2D eigenvalue weighted by atomic mass is 16.5. The van der Waals surface area contributed by atoms with Crippen molar-refractivity contribution < 1.29 is 19.1 Å². The molecule has 0 saturated heterocycles. The summed E-state index contributed by atoms with van der Waals surface area (Å²) in [5, 5.41) is 6.24. The van der Waals surface area contributed by atoms with Gasteiger partial charge in [0.1, 0.15) is 24.2 Å². The summed E-state index contributed by atoms with van der Waals surface area (Å²) in [6.45, 7) is 7.40. The zero-order valence-electron chi connectivity index (χ0n) is 22.5. The first-order valence-corrected chi connectivity index (χ1v) is 13.5. The Morgan fingerprint density at radius 1 is 1.08 bits per heavy atom. The largest absolute Gasteiger partial charge is 0.492 e. The van der Waals surface area contributed by atoms with Crippen LogP contribution in [0.25, 0.3) is 0 Å². The van der Waals surface area contributed by atoms with Crippen LogP contribution in [0.2, 0.25) is 0 Å². The number of unbranched alkanes of at least 4 members (excludes halogenated alkanes) is 1. The molecule has 0 aliphatic carbocycles. The molecule has 2 N–H and O–H groups in total. The Bertz CT molecular complexity index is 983. The molecule has 1 aromatic heterocycles. The quantitative estimate of drug-likeness (QED) is 0.278. The maximum Gasteiger partial charge on any atom is 0.328 e. The monoisotopic (exact) mass is 510 g/mol. The van der Waals surface area contributed by atoms with E-state index in [0.29, 0.717) is 19.6 Å². The predicted octanol–water partition coefficient (Wildman–Crippen LogP) is 3.85. The normalized spacial score (nSPS) is 13.5. The van der Waals surface area contributed by atoms with Crippen LogP contribution in [0.1, 0.15) is 50.8 Å². The number of amides is 1. The number of aryl methyl sites for hydroxylation is 2. The lowest BCUT2D eigenvalue weighted by atomic mass is 10.1. The average molecular weight is 511 g/mol. The molecule has 3 rings (SSSR count). The number of nitrogens with one attached hydrogen (secondary N) is 2. The fourth-order valence-electron chi connectivity index (χ4n) is 4.34. The van der Waals surface area contributed by atoms with Gasteiger partial charge >= 0.3 is 5.97 Å². The fraction of sp³-hybridized carbons (Fsp3) is 0.552. The van der Waals surface area contributed by atoms with Crippen LogP contribution in [0.4, 0.5) is 5.82 Å². The lowest BCUT2D eigenvalue weighted by Crippen LogP contribution is -2.45. The Morgan fingerprint density at radius 3 is 2.65 bits per heavy atom. The third-order valence-electron chi connectivity index (χ3n) is 6.59. The van der Waals surface area contributed by atoms with Crippen molar-refractivity contribution in [2.45, 2.75) is 58.4 Å². The number of rotatable bonds is 15. The van der Waals surface area contributed by atoms with Crippen molar-refractivity contribution >= 4 is 17.7 Å². The number of hydrogen-bond acceptors (Lipinski definition) is 7. The second-order valence-electron chi connectivity index (χ2n) is 9.83. The molecule has 1 aromatic carbocycles. The Kier molecular flexibility index (Phi) is 11.7. The molecule has 202 valence electrons. The summed E-state index contributed by atoms with van der Waals surface area (Å²) >= 11 is 0. The van der Waals surface area contributed by atoms with Gasteiger partial charge in [0.2, 0.25) is 5.91 Å². The number of pyridine rings is 1. The number of ether oxygens (including phenoxy) is 2. The van der Waals surface area contributed by atoms with Crippen LogP contribution in [-0.4, -0.2) is 67.7 Å². The van der Waals surface area contributed by atoms with Crippen molar-refractivity contribution in [3.8, 4) is 5.75 Å². The van der Waals surface area contributed by atoms with E-state index >= 15 is 0 Å². The topological polar surface area (TPSA) is 92.8 Å². The van der Waals surface area contributed by atoms with E-state index < -0.39 is 12.0 Å². The molecule has 8 nitrogen and oxygen atoms in total. The molecule has 2 heterocycles. The van der Waals surface area contributed by atoms with E-state index in [1.807, 2.05) is 44.2 Å². The van der Waals surface area contributed by atoms with Gasteiger partial charge in [-0.25, -0.2) is 9.78 Å². The number of aromatic nitrogens is 1. The molecule has 37 heavy (non-hydrogen) atoms. The highest BCUT2D eigenvalue weighted by Gasteiger charge is 2.23. The van der Waals surface area contributed by atoms with Gasteiger partial charge in [-0.1, -0.05) is 38.1 Å². The maximum atomic E-state index is 12.3. The van der Waals surface area contributed by atoms with E-state index in [-0.39, 0.29) is 11.8 Å². The number of esters is 1. The lowest BCUT2D eigenvalue weighted by molar-refractivity contribution is -0.145. The molecule has 1 aliphatic rings. The smallest absolute Gasteiger partial charge is 0.328 e. The maximum absolute atomic E-state index is 12.3. The second kappa shape index (κ2) is 15.2. The number of para-hydroxylation sites is 1. The van der Waals surface area contributed by atoms with E-state index in [2.05, 4.69) is 27.7 Å². The number of methoxy groups -OCH3 is 1. The highest BCUT2D eigenvalue weighted by molar-refractivity contribution is 5.85. The highest BCUT2D eigenvalue weighted by Crippen LogP contribution is 2.20. The Hall–Kier alpha value is -3.13. The molecule has 0 saturated carbocycles. The second-order valence-corrected chi connectivity index (χ2v) is 9.83. The van der Waals surface area contributed by atoms with Crippen molar-refractivity contribution in [3.63, 3.8) is 0 Å². The molecule has 1 atom stereocenters. The van der Waals surface area contributed by atoms with Crippen LogP contribution >= 0.6 is 0 Å². The SMILES string of the molecule is COC(=O)[C@H](CCN(CCCCc1ccc2c(n1)NCCC2)CCOc1ccccc1)NC(=O)C(C)C. The molecule has 0 fully saturated rings. The molecule has 8 heteroatoms. The zero-order chi connectivity index (χ0) is 26.5. The Morgan fingerprint density at radius 2 is 1.89 bits per heavy atom. The van der Waals surface area contributed by atoms with Gasteiger partial charge in [0, 0.05) is 31.2 Å². The number of nitrogens with zero attached hydrogens (tertiary/aromatic N) is 2. The first kappa shape index (κ1) is 28.4. The van der Waals surface area contributed by atoms with Gasteiger partial charge in [0.15, 0.2) is 0 Å². The summed E-state index contributed by atoms with van der Waals surface area (Å²) in [6.07, 6.45) is 5.69. The number of carbonyl (C=O) groups excluding carboxylic acids is 2. The van der Waals surface area contributed by atoms with Crippen LogP contribution in [0.15, 0.2) is 42.5 Å². The van der Waals surface area contributed by atoms with Crippen molar-refractivity contribution in [1.82, 2.24) is 15.2 Å². The van der Waals surface area contributed by atoms with Crippen LogP contribution in [0, 0.1) is 5.92 Å². The van der Waals surface area contributed by atoms with Gasteiger partial charge in [0.25, 0.3) is 0 Å². The lowest BCUT2D eigenvalue weighted by Gasteiger charge is -2.25. The number of fused-ring (bicyclic) bond motifs is 1. The summed E-state index contributed by atoms with van der Waals surface area (Å²) in [6, 6.07) is 13.4. The van der Waals surface area contributed by atoms with Crippen molar-refractivity contribution in [3.05, 3.63) is 53.7 Å². The third kappa shape index (κ3) is 9.69. The number of hydrogen-bond donors (Lipinski definition) is 2. The first-order valence-electron chi connectivity index (χ1n) is 13.5. The van der Waals surface area contributed by atoms with E-state index in [1.165, 1.54) is 12.7 Å². The van der Waals surface area contributed by atoms with Crippen LogP contribution in [0.3, 0.4) is 0 Å². The van der Waals surface area contributed by atoms with E-state index in [9.17, 15) is 9.59 Å². The van der Waals surface area contributed by atoms with E-state index in [1.54, 1.807) is 0 Å². The minimum atomic E-state index is -0.662. The molecule has 0 bridgehead atoms. The van der Waals surface area contributed by atoms with E-state index in [4.69, 9.17) is 14.5 Å². The van der Waals surface area contributed by atoms with Crippen LogP contribution < -0.4 is 15.4 Å². The summed E-state index contributed by atoms with van der Waals surface area (Å²) < 4.78 is 10.9. The van der Waals surface area contributed by atoms with Gasteiger partial charge in [-0.2, -0.15) is 0 Å². The van der Waals surface area contributed by atoms with Gasteiger partial charge in [0.05, 0.1) is 7.11 Å². The molecular formula is C29H42N4O4. The molecule has 0 unspecified atom stereocenters. The standard InChI is InChI=1S/C29H42N4O4/c1-22(2)28(34)32-26(29(35)36-3)16-19-33(20-21-37-25-12-5-4-6-13-25)18-8-7-11-24-15-14-23-10-9-17-30-27(23)31-24/h4-6,12-15,22,26H,7-11,16-21H2,1-3H3,(H,30,31)(H,32,34)/t26-/m0/s1. The summed E-state index contributed by atoms with van der Waals surface area (Å²) in [5.41, 5.74) is 2.43. The number of benzene rings is 1. The summed E-state index contributed by atoms with van der Waals surface area (Å²) in [5.74, 6) is 1.12. The van der Waals surface area contributed by atoms with Gasteiger partial charge in [-0.05, 0) is 68.8 Å². The summed E-state index contributed by atoms with van der Waals surface area (Å²) in [4.78, 5) is 31.6.